The number of hydrogen-bond donors (Lipinski definition) is 0. The number of benzene rings is 1. The molecule has 1 aromatic carbocycles. The van der Waals surface area contributed by atoms with Gasteiger partial charge in [0.1, 0.15) is 6.29 Å². The van der Waals surface area contributed by atoms with Crippen molar-refractivity contribution in [2.24, 2.45) is 0 Å². The molecule has 0 N–H and O–H groups in total. The fourth-order valence-corrected chi connectivity index (χ4v) is 2.48. The van der Waals surface area contributed by atoms with E-state index in [1.165, 1.54) is 23.2 Å². The van der Waals surface area contributed by atoms with E-state index in [2.05, 4.69) is 18.7 Å². The van der Waals surface area contributed by atoms with Crippen molar-refractivity contribution in [3.8, 4) is 0 Å². The molecule has 2 rings (SSSR count). The Balaban J connectivity index is 2.52. The van der Waals surface area contributed by atoms with Crippen LogP contribution in [0.1, 0.15) is 34.8 Å². The highest BCUT2D eigenvalue weighted by Crippen LogP contribution is 2.31. The Kier molecular flexibility index (Phi) is 2.76. The Hall–Kier alpha value is -1.31. The normalized spacial score (nSPS) is 14.9. The Morgan fingerprint density at radius 1 is 1.47 bits per heavy atom. The van der Waals surface area contributed by atoms with E-state index in [1.54, 1.807) is 0 Å². The van der Waals surface area contributed by atoms with Crippen molar-refractivity contribution < 1.29 is 4.79 Å². The van der Waals surface area contributed by atoms with E-state index < -0.39 is 0 Å². The van der Waals surface area contributed by atoms with Crippen LogP contribution in [0.3, 0.4) is 0 Å². The van der Waals surface area contributed by atoms with Gasteiger partial charge in [0.2, 0.25) is 0 Å². The van der Waals surface area contributed by atoms with E-state index in [-0.39, 0.29) is 0 Å². The SMILES string of the molecule is CCN1CCCc2cc(C=O)cc(C)c21. The summed E-state index contributed by atoms with van der Waals surface area (Å²) in [5, 5.41) is 0. The molecule has 80 valence electrons. The summed E-state index contributed by atoms with van der Waals surface area (Å²) >= 11 is 0. The largest absolute Gasteiger partial charge is 0.371 e. The van der Waals surface area contributed by atoms with Gasteiger partial charge < -0.3 is 4.90 Å². The van der Waals surface area contributed by atoms with Crippen LogP contribution >= 0.6 is 0 Å². The third kappa shape index (κ3) is 1.76. The lowest BCUT2D eigenvalue weighted by Gasteiger charge is -2.32. The number of aldehydes is 1. The van der Waals surface area contributed by atoms with Crippen LogP contribution in [0, 0.1) is 6.92 Å². The van der Waals surface area contributed by atoms with Gasteiger partial charge in [0.05, 0.1) is 0 Å². The number of hydrogen-bond acceptors (Lipinski definition) is 2. The van der Waals surface area contributed by atoms with Crippen molar-refractivity contribution in [3.63, 3.8) is 0 Å². The molecule has 1 aliphatic rings. The number of aryl methyl sites for hydroxylation is 2. The molecule has 1 heterocycles. The smallest absolute Gasteiger partial charge is 0.150 e. The monoisotopic (exact) mass is 203 g/mol. The summed E-state index contributed by atoms with van der Waals surface area (Å²) in [6, 6.07) is 4.02. The van der Waals surface area contributed by atoms with Gasteiger partial charge in [-0.3, -0.25) is 4.79 Å². The summed E-state index contributed by atoms with van der Waals surface area (Å²) in [6.07, 6.45) is 3.25. The van der Waals surface area contributed by atoms with E-state index in [0.717, 1.165) is 31.4 Å². The molecule has 0 atom stereocenters. The Labute approximate surface area is 90.9 Å². The van der Waals surface area contributed by atoms with Crippen LogP contribution in [0.4, 0.5) is 5.69 Å². The van der Waals surface area contributed by atoms with Crippen molar-refractivity contribution in [3.05, 3.63) is 28.8 Å². The van der Waals surface area contributed by atoms with Gasteiger partial charge in [-0.2, -0.15) is 0 Å². The molecule has 0 spiro atoms. The Morgan fingerprint density at radius 3 is 2.93 bits per heavy atom. The summed E-state index contributed by atoms with van der Waals surface area (Å²) in [4.78, 5) is 13.2. The van der Waals surface area contributed by atoms with E-state index >= 15 is 0 Å². The Bertz CT molecular complexity index is 384. The van der Waals surface area contributed by atoms with E-state index in [0.29, 0.717) is 0 Å². The number of carbonyl (C=O) groups is 1. The molecule has 0 radical (unpaired) electrons. The fraction of sp³-hybridized carbons (Fsp3) is 0.462. The third-order valence-corrected chi connectivity index (χ3v) is 3.11. The summed E-state index contributed by atoms with van der Waals surface area (Å²) in [5.41, 5.74) is 4.74. The zero-order valence-electron chi connectivity index (χ0n) is 9.42. The van der Waals surface area contributed by atoms with Crippen LogP contribution in [0.15, 0.2) is 12.1 Å². The lowest BCUT2D eigenvalue weighted by molar-refractivity contribution is 0.112. The van der Waals surface area contributed by atoms with Gasteiger partial charge in [-0.1, -0.05) is 0 Å². The molecule has 0 fully saturated rings. The number of anilines is 1. The number of rotatable bonds is 2. The van der Waals surface area contributed by atoms with Gasteiger partial charge in [0.15, 0.2) is 0 Å². The summed E-state index contributed by atoms with van der Waals surface area (Å²) in [5.74, 6) is 0. The molecule has 0 unspecified atom stereocenters. The van der Waals surface area contributed by atoms with Gasteiger partial charge in [-0.05, 0) is 49.9 Å². The van der Waals surface area contributed by atoms with Crippen molar-refractivity contribution in [2.75, 3.05) is 18.0 Å². The van der Waals surface area contributed by atoms with Gasteiger partial charge in [0.25, 0.3) is 0 Å². The fourth-order valence-electron chi connectivity index (χ4n) is 2.48. The van der Waals surface area contributed by atoms with E-state index in [9.17, 15) is 4.79 Å². The van der Waals surface area contributed by atoms with E-state index in [1.807, 2.05) is 12.1 Å². The van der Waals surface area contributed by atoms with Gasteiger partial charge in [-0.25, -0.2) is 0 Å². The van der Waals surface area contributed by atoms with Crippen LogP contribution in [-0.4, -0.2) is 19.4 Å². The first-order valence-electron chi connectivity index (χ1n) is 5.60. The second-order valence-electron chi connectivity index (χ2n) is 4.15. The molecule has 0 saturated heterocycles. The summed E-state index contributed by atoms with van der Waals surface area (Å²) in [7, 11) is 0. The first-order chi connectivity index (χ1) is 7.26. The molecule has 0 aliphatic carbocycles. The van der Waals surface area contributed by atoms with Crippen LogP contribution in [0.5, 0.6) is 0 Å². The van der Waals surface area contributed by atoms with Crippen LogP contribution in [0.25, 0.3) is 0 Å². The van der Waals surface area contributed by atoms with Crippen molar-refractivity contribution >= 4 is 12.0 Å². The predicted octanol–water partition coefficient (Wildman–Crippen LogP) is 2.58. The van der Waals surface area contributed by atoms with Crippen LogP contribution in [-0.2, 0) is 6.42 Å². The minimum Gasteiger partial charge on any atom is -0.371 e. The van der Waals surface area contributed by atoms with E-state index in [4.69, 9.17) is 0 Å². The number of nitrogens with zero attached hydrogens (tertiary/aromatic N) is 1. The molecule has 15 heavy (non-hydrogen) atoms. The third-order valence-electron chi connectivity index (χ3n) is 3.11. The van der Waals surface area contributed by atoms with Gasteiger partial charge >= 0.3 is 0 Å². The first-order valence-corrected chi connectivity index (χ1v) is 5.60. The average Bonchev–Trinajstić information content (AvgIpc) is 2.27. The summed E-state index contributed by atoms with van der Waals surface area (Å²) in [6.45, 7) is 6.47. The minimum atomic E-state index is 0.809. The zero-order valence-corrected chi connectivity index (χ0v) is 9.42. The molecule has 0 saturated carbocycles. The van der Waals surface area contributed by atoms with Crippen molar-refractivity contribution in [1.82, 2.24) is 0 Å². The standard InChI is InChI=1S/C13H17NO/c1-3-14-6-4-5-12-8-11(9-15)7-10(2)13(12)14/h7-9H,3-6H2,1-2H3. The lowest BCUT2D eigenvalue weighted by Crippen LogP contribution is -2.29. The molecule has 0 bridgehead atoms. The number of carbonyl (C=O) groups excluding carboxylic acids is 1. The highest BCUT2D eigenvalue weighted by Gasteiger charge is 2.18. The quantitative estimate of drug-likeness (QED) is 0.688. The predicted molar refractivity (Wildman–Crippen MR) is 62.8 cm³/mol. The number of fused-ring (bicyclic) bond motifs is 1. The van der Waals surface area contributed by atoms with Gasteiger partial charge in [-0.15, -0.1) is 0 Å². The highest BCUT2D eigenvalue weighted by atomic mass is 16.1. The summed E-state index contributed by atoms with van der Waals surface area (Å²) < 4.78 is 0. The maximum absolute atomic E-state index is 10.8. The molecule has 1 aliphatic heterocycles. The molecule has 0 amide bonds. The van der Waals surface area contributed by atoms with Crippen molar-refractivity contribution in [1.29, 1.82) is 0 Å². The topological polar surface area (TPSA) is 20.3 Å². The highest BCUT2D eigenvalue weighted by molar-refractivity contribution is 5.78. The first kappa shape index (κ1) is 10.2. The zero-order chi connectivity index (χ0) is 10.8. The molecule has 0 aromatic heterocycles. The molecule has 2 nitrogen and oxygen atoms in total. The molecular formula is C13H17NO. The molecule has 1 aromatic rings. The maximum atomic E-state index is 10.8. The Morgan fingerprint density at radius 2 is 2.27 bits per heavy atom. The average molecular weight is 203 g/mol. The van der Waals surface area contributed by atoms with Crippen LogP contribution < -0.4 is 4.90 Å². The van der Waals surface area contributed by atoms with Crippen LogP contribution in [0.2, 0.25) is 0 Å². The lowest BCUT2D eigenvalue weighted by atomic mass is 9.96. The van der Waals surface area contributed by atoms with Crippen molar-refractivity contribution in [2.45, 2.75) is 26.7 Å². The minimum absolute atomic E-state index is 0.809. The second kappa shape index (κ2) is 4.05. The second-order valence-corrected chi connectivity index (χ2v) is 4.15. The van der Waals surface area contributed by atoms with Gasteiger partial charge in [0, 0.05) is 24.3 Å². The molecular weight excluding hydrogens is 186 g/mol. The maximum Gasteiger partial charge on any atom is 0.150 e. The molecule has 2 heteroatoms.